The maximum Gasteiger partial charge on any atom is 0.198 e. The van der Waals surface area contributed by atoms with Gasteiger partial charge in [0, 0.05) is 11.8 Å². The quantitative estimate of drug-likeness (QED) is 0.753. The van der Waals surface area contributed by atoms with Crippen LogP contribution in [0.2, 0.25) is 5.02 Å². The van der Waals surface area contributed by atoms with Crippen molar-refractivity contribution in [2.24, 2.45) is 0 Å². The Hall–Kier alpha value is -1.35. The normalized spacial score (nSPS) is 10.9. The third-order valence-corrected chi connectivity index (χ3v) is 2.62. The summed E-state index contributed by atoms with van der Waals surface area (Å²) in [7, 11) is 0. The zero-order valence-electron chi connectivity index (χ0n) is 8.72. The highest BCUT2D eigenvalue weighted by atomic mass is 35.5. The van der Waals surface area contributed by atoms with E-state index in [0.29, 0.717) is 11.8 Å². The van der Waals surface area contributed by atoms with Crippen molar-refractivity contribution in [1.82, 2.24) is 0 Å². The number of benzene rings is 1. The molecule has 4 heteroatoms. The van der Waals surface area contributed by atoms with E-state index in [4.69, 9.17) is 16.0 Å². The van der Waals surface area contributed by atoms with Crippen LogP contribution in [0.15, 0.2) is 22.6 Å². The molecule has 2 nitrogen and oxygen atoms in total. The summed E-state index contributed by atoms with van der Waals surface area (Å²) >= 11 is 5.62. The number of fused-ring (bicyclic) bond motifs is 1. The number of furan rings is 1. The van der Waals surface area contributed by atoms with Crippen molar-refractivity contribution in [3.63, 3.8) is 0 Å². The third-order valence-electron chi connectivity index (χ3n) is 2.33. The molecule has 0 radical (unpaired) electrons. The fraction of sp³-hybridized carbons (Fsp3) is 0.250. The second kappa shape index (κ2) is 4.26. The lowest BCUT2D eigenvalue weighted by Crippen LogP contribution is -1.94. The Morgan fingerprint density at radius 3 is 2.94 bits per heavy atom. The van der Waals surface area contributed by atoms with Crippen LogP contribution < -0.4 is 0 Å². The average molecular weight is 241 g/mol. The van der Waals surface area contributed by atoms with Gasteiger partial charge in [-0.15, -0.1) is 0 Å². The smallest absolute Gasteiger partial charge is 0.198 e. The van der Waals surface area contributed by atoms with Gasteiger partial charge in [-0.2, -0.15) is 0 Å². The molecule has 1 aromatic heterocycles. The molecule has 1 aromatic carbocycles. The predicted octanol–water partition coefficient (Wildman–Crippen LogP) is 4.21. The molecule has 0 unspecified atom stereocenters. The van der Waals surface area contributed by atoms with Gasteiger partial charge in [0.2, 0.25) is 0 Å². The van der Waals surface area contributed by atoms with Crippen molar-refractivity contribution in [1.29, 1.82) is 0 Å². The number of carbonyl (C=O) groups is 1. The molecular formula is C12H10ClFO2. The predicted molar refractivity (Wildman–Crippen MR) is 60.4 cm³/mol. The molecule has 1 heterocycles. The van der Waals surface area contributed by atoms with Crippen LogP contribution in [-0.4, -0.2) is 5.78 Å². The van der Waals surface area contributed by atoms with Gasteiger partial charge in [0.05, 0.1) is 5.02 Å². The molecule has 16 heavy (non-hydrogen) atoms. The molecule has 0 bridgehead atoms. The third kappa shape index (κ3) is 1.83. The van der Waals surface area contributed by atoms with Gasteiger partial charge >= 0.3 is 0 Å². The highest BCUT2D eigenvalue weighted by molar-refractivity contribution is 6.31. The Kier molecular flexibility index (Phi) is 2.97. The Balaban J connectivity index is 2.52. The van der Waals surface area contributed by atoms with E-state index in [1.165, 1.54) is 6.07 Å². The van der Waals surface area contributed by atoms with Gasteiger partial charge in [-0.1, -0.05) is 18.5 Å². The Labute approximate surface area is 97.0 Å². The lowest BCUT2D eigenvalue weighted by molar-refractivity contribution is 0.0957. The SMILES string of the molecule is CCCC(=O)c1cc2ccc(Cl)c(F)c2o1. The van der Waals surface area contributed by atoms with Crippen LogP contribution in [0.5, 0.6) is 0 Å². The number of carbonyl (C=O) groups excluding carboxylic acids is 1. The van der Waals surface area contributed by atoms with Crippen molar-refractivity contribution in [2.75, 3.05) is 0 Å². The van der Waals surface area contributed by atoms with E-state index in [1.807, 2.05) is 6.92 Å². The molecule has 0 atom stereocenters. The minimum absolute atomic E-state index is 0.00339. The maximum absolute atomic E-state index is 13.5. The summed E-state index contributed by atoms with van der Waals surface area (Å²) in [5, 5.41) is 0.553. The van der Waals surface area contributed by atoms with E-state index in [-0.39, 0.29) is 22.1 Å². The standard InChI is InChI=1S/C12H10ClFO2/c1-2-3-9(15)10-6-7-4-5-8(13)11(14)12(7)16-10/h4-6H,2-3H2,1H3. The Bertz CT molecular complexity index is 545. The van der Waals surface area contributed by atoms with Gasteiger partial charge in [-0.25, -0.2) is 4.39 Å². The van der Waals surface area contributed by atoms with Gasteiger partial charge in [-0.3, -0.25) is 4.79 Å². The van der Waals surface area contributed by atoms with E-state index < -0.39 is 5.82 Å². The van der Waals surface area contributed by atoms with Crippen LogP contribution in [0.25, 0.3) is 11.0 Å². The van der Waals surface area contributed by atoms with Crippen molar-refractivity contribution >= 4 is 28.4 Å². The van der Waals surface area contributed by atoms with Gasteiger partial charge in [-0.05, 0) is 24.6 Å². The molecule has 0 saturated heterocycles. The van der Waals surface area contributed by atoms with Gasteiger partial charge in [0.25, 0.3) is 0 Å². The van der Waals surface area contributed by atoms with Gasteiger partial charge in [0.1, 0.15) is 0 Å². The fourth-order valence-corrected chi connectivity index (χ4v) is 1.68. The van der Waals surface area contributed by atoms with Crippen LogP contribution >= 0.6 is 11.6 Å². The van der Waals surface area contributed by atoms with Crippen LogP contribution in [0.4, 0.5) is 4.39 Å². The first kappa shape index (κ1) is 11.1. The zero-order chi connectivity index (χ0) is 11.7. The summed E-state index contributed by atoms with van der Waals surface area (Å²) in [4.78, 5) is 11.6. The molecule has 0 aliphatic heterocycles. The number of ketones is 1. The molecule has 0 fully saturated rings. The number of hydrogen-bond acceptors (Lipinski definition) is 2. The fourth-order valence-electron chi connectivity index (χ4n) is 1.53. The molecule has 2 rings (SSSR count). The van der Waals surface area contributed by atoms with E-state index in [2.05, 4.69) is 0 Å². The molecule has 0 N–H and O–H groups in total. The lowest BCUT2D eigenvalue weighted by atomic mass is 10.2. The molecule has 0 saturated carbocycles. The minimum Gasteiger partial charge on any atom is -0.450 e. The molecule has 2 aromatic rings. The molecule has 0 amide bonds. The second-order valence-electron chi connectivity index (χ2n) is 3.56. The highest BCUT2D eigenvalue weighted by Gasteiger charge is 2.15. The largest absolute Gasteiger partial charge is 0.450 e. The van der Waals surface area contributed by atoms with Crippen LogP contribution in [0.3, 0.4) is 0 Å². The Morgan fingerprint density at radius 1 is 1.50 bits per heavy atom. The topological polar surface area (TPSA) is 30.2 Å². The second-order valence-corrected chi connectivity index (χ2v) is 3.97. The van der Waals surface area contributed by atoms with E-state index in [1.54, 1.807) is 12.1 Å². The average Bonchev–Trinajstić information content (AvgIpc) is 2.69. The first-order chi connectivity index (χ1) is 7.63. The first-order valence-electron chi connectivity index (χ1n) is 5.04. The summed E-state index contributed by atoms with van der Waals surface area (Å²) in [5.41, 5.74) is 0.0481. The number of rotatable bonds is 3. The maximum atomic E-state index is 13.5. The van der Waals surface area contributed by atoms with Crippen molar-refractivity contribution in [3.05, 3.63) is 34.8 Å². The van der Waals surface area contributed by atoms with E-state index in [9.17, 15) is 9.18 Å². The number of halogens is 2. The lowest BCUT2D eigenvalue weighted by Gasteiger charge is -1.93. The van der Waals surface area contributed by atoms with Crippen LogP contribution in [-0.2, 0) is 0 Å². The molecular weight excluding hydrogens is 231 g/mol. The van der Waals surface area contributed by atoms with Gasteiger partial charge in [0.15, 0.2) is 22.9 Å². The summed E-state index contributed by atoms with van der Waals surface area (Å²) in [6, 6.07) is 4.63. The zero-order valence-corrected chi connectivity index (χ0v) is 9.47. The minimum atomic E-state index is -0.616. The Morgan fingerprint density at radius 2 is 2.25 bits per heavy atom. The monoisotopic (exact) mass is 240 g/mol. The molecule has 0 aliphatic rings. The highest BCUT2D eigenvalue weighted by Crippen LogP contribution is 2.27. The van der Waals surface area contributed by atoms with E-state index in [0.717, 1.165) is 6.42 Å². The van der Waals surface area contributed by atoms with Crippen molar-refractivity contribution in [3.8, 4) is 0 Å². The summed E-state index contributed by atoms with van der Waals surface area (Å²) in [5.74, 6) is -0.540. The number of hydrogen-bond donors (Lipinski definition) is 0. The van der Waals surface area contributed by atoms with Crippen LogP contribution in [0.1, 0.15) is 30.3 Å². The molecule has 0 aliphatic carbocycles. The van der Waals surface area contributed by atoms with Gasteiger partial charge < -0.3 is 4.42 Å². The van der Waals surface area contributed by atoms with Crippen molar-refractivity contribution in [2.45, 2.75) is 19.8 Å². The molecule has 84 valence electrons. The van der Waals surface area contributed by atoms with E-state index >= 15 is 0 Å². The summed E-state index contributed by atoms with van der Waals surface area (Å²) in [6.45, 7) is 1.90. The summed E-state index contributed by atoms with van der Waals surface area (Å²) in [6.07, 6.45) is 1.13. The van der Waals surface area contributed by atoms with Crippen LogP contribution in [0, 0.1) is 5.82 Å². The summed E-state index contributed by atoms with van der Waals surface area (Å²) < 4.78 is 18.7. The van der Waals surface area contributed by atoms with Crippen molar-refractivity contribution < 1.29 is 13.6 Å². The first-order valence-corrected chi connectivity index (χ1v) is 5.42. The number of Topliss-reactive ketones (excluding diaryl/α,β-unsaturated/α-hetero) is 1. The molecule has 0 spiro atoms.